The summed E-state index contributed by atoms with van der Waals surface area (Å²) in [6, 6.07) is 5.59. The van der Waals surface area contributed by atoms with E-state index in [2.05, 4.69) is 10.6 Å². The van der Waals surface area contributed by atoms with Crippen molar-refractivity contribution in [3.63, 3.8) is 0 Å². The first-order valence-electron chi connectivity index (χ1n) is 7.19. The number of halogens is 1. The standard InChI is InChI=1S/C15H20FN3O2/c16-12-3-5-13(6-4-12)18-14(20)11-17-8-7-15(21)19-9-1-2-10-19/h3-6,17H,1-2,7-11H2,(H,18,20). The van der Waals surface area contributed by atoms with Gasteiger partial charge in [-0.2, -0.15) is 0 Å². The molecular weight excluding hydrogens is 273 g/mol. The topological polar surface area (TPSA) is 61.4 Å². The molecule has 5 nitrogen and oxygen atoms in total. The van der Waals surface area contributed by atoms with E-state index in [1.165, 1.54) is 24.3 Å². The van der Waals surface area contributed by atoms with Crippen LogP contribution in [0.15, 0.2) is 24.3 Å². The van der Waals surface area contributed by atoms with Gasteiger partial charge in [0, 0.05) is 31.7 Å². The second-order valence-electron chi connectivity index (χ2n) is 5.07. The van der Waals surface area contributed by atoms with Crippen molar-refractivity contribution in [1.82, 2.24) is 10.2 Å². The maximum atomic E-state index is 12.7. The zero-order chi connectivity index (χ0) is 15.1. The molecule has 1 fully saturated rings. The number of likely N-dealkylation sites (tertiary alicyclic amines) is 1. The summed E-state index contributed by atoms with van der Waals surface area (Å²) in [5.74, 6) is -0.416. The fraction of sp³-hybridized carbons (Fsp3) is 0.467. The molecule has 1 aromatic rings. The highest BCUT2D eigenvalue weighted by atomic mass is 19.1. The van der Waals surface area contributed by atoms with Gasteiger partial charge in [-0.25, -0.2) is 4.39 Å². The molecule has 0 bridgehead atoms. The van der Waals surface area contributed by atoms with Gasteiger partial charge in [-0.3, -0.25) is 9.59 Å². The van der Waals surface area contributed by atoms with Gasteiger partial charge in [0.25, 0.3) is 0 Å². The quantitative estimate of drug-likeness (QED) is 0.779. The minimum atomic E-state index is -0.341. The molecule has 2 N–H and O–H groups in total. The van der Waals surface area contributed by atoms with Crippen molar-refractivity contribution >= 4 is 17.5 Å². The molecule has 0 radical (unpaired) electrons. The van der Waals surface area contributed by atoms with Crippen molar-refractivity contribution in [3.05, 3.63) is 30.1 Å². The van der Waals surface area contributed by atoms with Crippen molar-refractivity contribution in [1.29, 1.82) is 0 Å². The third-order valence-corrected chi connectivity index (χ3v) is 3.39. The number of carbonyl (C=O) groups excluding carboxylic acids is 2. The minimum absolute atomic E-state index is 0.130. The first-order valence-corrected chi connectivity index (χ1v) is 7.19. The minimum Gasteiger partial charge on any atom is -0.343 e. The zero-order valence-corrected chi connectivity index (χ0v) is 11.9. The van der Waals surface area contributed by atoms with E-state index in [1.807, 2.05) is 4.90 Å². The van der Waals surface area contributed by atoms with Crippen molar-refractivity contribution < 1.29 is 14.0 Å². The molecule has 114 valence electrons. The second-order valence-corrected chi connectivity index (χ2v) is 5.07. The summed E-state index contributed by atoms with van der Waals surface area (Å²) >= 11 is 0. The Balaban J connectivity index is 1.60. The highest BCUT2D eigenvalue weighted by Gasteiger charge is 2.16. The van der Waals surface area contributed by atoms with Gasteiger partial charge in [0.15, 0.2) is 0 Å². The van der Waals surface area contributed by atoms with Crippen LogP contribution in [0.25, 0.3) is 0 Å². The van der Waals surface area contributed by atoms with E-state index in [9.17, 15) is 14.0 Å². The molecule has 6 heteroatoms. The number of rotatable bonds is 6. The van der Waals surface area contributed by atoms with Crippen LogP contribution in [0.2, 0.25) is 0 Å². The highest BCUT2D eigenvalue weighted by Crippen LogP contribution is 2.09. The molecule has 2 rings (SSSR count). The Labute approximate surface area is 123 Å². The van der Waals surface area contributed by atoms with Crippen molar-refractivity contribution in [3.8, 4) is 0 Å². The first kappa shape index (κ1) is 15.4. The van der Waals surface area contributed by atoms with Gasteiger partial charge in [-0.05, 0) is 37.1 Å². The molecular formula is C15H20FN3O2. The molecule has 1 aromatic carbocycles. The first-order chi connectivity index (χ1) is 10.1. The van der Waals surface area contributed by atoms with Gasteiger partial charge in [-0.15, -0.1) is 0 Å². The number of amides is 2. The summed E-state index contributed by atoms with van der Waals surface area (Å²) in [4.78, 5) is 25.3. The van der Waals surface area contributed by atoms with Crippen LogP contribution in [-0.2, 0) is 9.59 Å². The Morgan fingerprint density at radius 3 is 2.48 bits per heavy atom. The molecule has 0 atom stereocenters. The molecule has 0 unspecified atom stereocenters. The van der Waals surface area contributed by atoms with E-state index in [0.717, 1.165) is 25.9 Å². The van der Waals surface area contributed by atoms with Crippen LogP contribution in [0.4, 0.5) is 10.1 Å². The van der Waals surface area contributed by atoms with Crippen LogP contribution in [-0.4, -0.2) is 42.9 Å². The Morgan fingerprint density at radius 2 is 1.81 bits per heavy atom. The van der Waals surface area contributed by atoms with Crippen molar-refractivity contribution in [2.24, 2.45) is 0 Å². The van der Waals surface area contributed by atoms with E-state index >= 15 is 0 Å². The van der Waals surface area contributed by atoms with E-state index in [1.54, 1.807) is 0 Å². The third kappa shape index (κ3) is 5.15. The molecule has 0 spiro atoms. The Bertz CT molecular complexity index is 484. The van der Waals surface area contributed by atoms with Gasteiger partial charge in [0.1, 0.15) is 5.82 Å². The lowest BCUT2D eigenvalue weighted by atomic mass is 10.3. The molecule has 2 amide bonds. The molecule has 0 aromatic heterocycles. The highest BCUT2D eigenvalue weighted by molar-refractivity contribution is 5.92. The SMILES string of the molecule is O=C(CNCCC(=O)N1CCCC1)Nc1ccc(F)cc1. The second kappa shape index (κ2) is 7.73. The summed E-state index contributed by atoms with van der Waals surface area (Å²) < 4.78 is 12.7. The zero-order valence-electron chi connectivity index (χ0n) is 11.9. The Kier molecular flexibility index (Phi) is 5.68. The normalized spacial score (nSPS) is 14.2. The lowest BCUT2D eigenvalue weighted by molar-refractivity contribution is -0.130. The van der Waals surface area contributed by atoms with Crippen LogP contribution in [0.3, 0.4) is 0 Å². The molecule has 1 aliphatic rings. The summed E-state index contributed by atoms with van der Waals surface area (Å²) in [7, 11) is 0. The maximum absolute atomic E-state index is 12.7. The average molecular weight is 293 g/mol. The van der Waals surface area contributed by atoms with E-state index in [0.29, 0.717) is 18.7 Å². The fourth-order valence-corrected chi connectivity index (χ4v) is 2.26. The predicted octanol–water partition coefficient (Wildman–Crippen LogP) is 1.37. The van der Waals surface area contributed by atoms with Gasteiger partial charge in [0.2, 0.25) is 11.8 Å². The third-order valence-electron chi connectivity index (χ3n) is 3.39. The molecule has 1 aliphatic heterocycles. The van der Waals surface area contributed by atoms with Gasteiger partial charge in [0.05, 0.1) is 6.54 Å². The lowest BCUT2D eigenvalue weighted by Crippen LogP contribution is -2.33. The fourth-order valence-electron chi connectivity index (χ4n) is 2.26. The molecule has 0 aliphatic carbocycles. The Morgan fingerprint density at radius 1 is 1.14 bits per heavy atom. The maximum Gasteiger partial charge on any atom is 0.238 e. The van der Waals surface area contributed by atoms with Crippen molar-refractivity contribution in [2.75, 3.05) is 31.5 Å². The molecule has 1 heterocycles. The summed E-state index contributed by atoms with van der Waals surface area (Å²) in [5.41, 5.74) is 0.552. The van der Waals surface area contributed by atoms with Gasteiger partial charge >= 0.3 is 0 Å². The van der Waals surface area contributed by atoms with Crippen LogP contribution in [0.5, 0.6) is 0 Å². The lowest BCUT2D eigenvalue weighted by Gasteiger charge is -2.15. The summed E-state index contributed by atoms with van der Waals surface area (Å²) in [6.07, 6.45) is 2.57. The Hall–Kier alpha value is -1.95. The monoisotopic (exact) mass is 293 g/mol. The van der Waals surface area contributed by atoms with Crippen LogP contribution >= 0.6 is 0 Å². The number of anilines is 1. The number of carbonyl (C=O) groups is 2. The number of benzene rings is 1. The van der Waals surface area contributed by atoms with Gasteiger partial charge in [-0.1, -0.05) is 0 Å². The smallest absolute Gasteiger partial charge is 0.238 e. The van der Waals surface area contributed by atoms with Crippen LogP contribution in [0, 0.1) is 5.82 Å². The molecule has 1 saturated heterocycles. The summed E-state index contributed by atoms with van der Waals surface area (Å²) in [6.45, 7) is 2.31. The van der Waals surface area contributed by atoms with Crippen LogP contribution < -0.4 is 10.6 Å². The largest absolute Gasteiger partial charge is 0.343 e. The average Bonchev–Trinajstić information content (AvgIpc) is 3.00. The van der Waals surface area contributed by atoms with Crippen LogP contribution in [0.1, 0.15) is 19.3 Å². The number of nitrogens with zero attached hydrogens (tertiary/aromatic N) is 1. The van der Waals surface area contributed by atoms with E-state index < -0.39 is 0 Å². The molecule has 21 heavy (non-hydrogen) atoms. The summed E-state index contributed by atoms with van der Waals surface area (Å²) in [5, 5.41) is 5.59. The van der Waals surface area contributed by atoms with E-state index in [-0.39, 0.29) is 24.2 Å². The van der Waals surface area contributed by atoms with Crippen molar-refractivity contribution in [2.45, 2.75) is 19.3 Å². The van der Waals surface area contributed by atoms with Gasteiger partial charge < -0.3 is 15.5 Å². The number of nitrogens with one attached hydrogen (secondary N) is 2. The van der Waals surface area contributed by atoms with E-state index in [4.69, 9.17) is 0 Å². The predicted molar refractivity (Wildman–Crippen MR) is 78.3 cm³/mol. The molecule has 0 saturated carbocycles. The number of hydrogen-bond donors (Lipinski definition) is 2. The number of hydrogen-bond acceptors (Lipinski definition) is 3.